The predicted molar refractivity (Wildman–Crippen MR) is 83.8 cm³/mol. The summed E-state index contributed by atoms with van der Waals surface area (Å²) in [5.74, 6) is -0.473. The second-order valence-electron chi connectivity index (χ2n) is 5.43. The van der Waals surface area contributed by atoms with Crippen molar-refractivity contribution in [3.8, 4) is 5.75 Å². The SMILES string of the molecule is COc1ccc(Br)c(NC(=O)N(CC(=O)O)C(C)(C)C)c1. The van der Waals surface area contributed by atoms with Gasteiger partial charge in [-0.2, -0.15) is 0 Å². The molecule has 2 N–H and O–H groups in total. The fourth-order valence-corrected chi connectivity index (χ4v) is 2.00. The number of rotatable bonds is 4. The van der Waals surface area contributed by atoms with E-state index in [1.54, 1.807) is 39.0 Å². The highest BCUT2D eigenvalue weighted by Crippen LogP contribution is 2.28. The number of hydrogen-bond acceptors (Lipinski definition) is 3. The minimum Gasteiger partial charge on any atom is -0.497 e. The quantitative estimate of drug-likeness (QED) is 0.866. The second-order valence-corrected chi connectivity index (χ2v) is 6.28. The van der Waals surface area contributed by atoms with E-state index < -0.39 is 17.5 Å². The Bertz CT molecular complexity index is 540. The first kappa shape index (κ1) is 17.3. The molecule has 116 valence electrons. The molecule has 0 radical (unpaired) electrons. The normalized spacial score (nSPS) is 10.9. The maximum Gasteiger partial charge on any atom is 0.323 e. The summed E-state index contributed by atoms with van der Waals surface area (Å²) in [5, 5.41) is 11.6. The summed E-state index contributed by atoms with van der Waals surface area (Å²) in [7, 11) is 1.53. The van der Waals surface area contributed by atoms with Crippen LogP contribution in [0.1, 0.15) is 20.8 Å². The fraction of sp³-hybridized carbons (Fsp3) is 0.429. The van der Waals surface area contributed by atoms with Crippen LogP contribution in [0.3, 0.4) is 0 Å². The molecule has 0 aliphatic carbocycles. The molecule has 0 saturated carbocycles. The van der Waals surface area contributed by atoms with Crippen LogP contribution in [-0.2, 0) is 4.79 Å². The average molecular weight is 359 g/mol. The maximum absolute atomic E-state index is 12.3. The average Bonchev–Trinajstić information content (AvgIpc) is 2.37. The van der Waals surface area contributed by atoms with Gasteiger partial charge in [-0.15, -0.1) is 0 Å². The predicted octanol–water partition coefficient (Wildman–Crippen LogP) is 3.17. The molecule has 0 saturated heterocycles. The topological polar surface area (TPSA) is 78.9 Å². The Hall–Kier alpha value is -1.76. The molecular weight excluding hydrogens is 340 g/mol. The van der Waals surface area contributed by atoms with E-state index in [1.165, 1.54) is 12.0 Å². The van der Waals surface area contributed by atoms with E-state index in [9.17, 15) is 9.59 Å². The molecule has 0 unspecified atom stereocenters. The first-order valence-corrected chi connectivity index (χ1v) is 7.08. The van der Waals surface area contributed by atoms with Crippen molar-refractivity contribution in [1.29, 1.82) is 0 Å². The zero-order valence-electron chi connectivity index (χ0n) is 12.4. The molecule has 2 amide bonds. The van der Waals surface area contributed by atoms with Crippen molar-refractivity contribution in [1.82, 2.24) is 4.90 Å². The number of methoxy groups -OCH3 is 1. The summed E-state index contributed by atoms with van der Waals surface area (Å²) in [6.07, 6.45) is 0. The van der Waals surface area contributed by atoms with Gasteiger partial charge < -0.3 is 20.1 Å². The third-order valence-corrected chi connectivity index (χ3v) is 3.45. The van der Waals surface area contributed by atoms with Gasteiger partial charge in [-0.25, -0.2) is 4.79 Å². The lowest BCUT2D eigenvalue weighted by Crippen LogP contribution is -2.50. The highest BCUT2D eigenvalue weighted by Gasteiger charge is 2.28. The third-order valence-electron chi connectivity index (χ3n) is 2.76. The summed E-state index contributed by atoms with van der Waals surface area (Å²) < 4.78 is 5.79. The Morgan fingerprint density at radius 1 is 1.38 bits per heavy atom. The number of nitrogens with one attached hydrogen (secondary N) is 1. The number of nitrogens with zero attached hydrogens (tertiary/aromatic N) is 1. The number of halogens is 1. The summed E-state index contributed by atoms with van der Waals surface area (Å²) in [6.45, 7) is 4.94. The Labute approximate surface area is 132 Å². The van der Waals surface area contributed by atoms with E-state index in [2.05, 4.69) is 21.2 Å². The molecule has 0 aliphatic heterocycles. The van der Waals surface area contributed by atoms with Gasteiger partial charge >= 0.3 is 12.0 Å². The highest BCUT2D eigenvalue weighted by atomic mass is 79.9. The smallest absolute Gasteiger partial charge is 0.323 e. The van der Waals surface area contributed by atoms with E-state index >= 15 is 0 Å². The molecule has 1 rings (SSSR count). The zero-order chi connectivity index (χ0) is 16.2. The van der Waals surface area contributed by atoms with E-state index in [1.807, 2.05) is 0 Å². The van der Waals surface area contributed by atoms with Gasteiger partial charge in [0.15, 0.2) is 0 Å². The number of carboxylic acid groups (broad SMARTS) is 1. The molecule has 21 heavy (non-hydrogen) atoms. The van der Waals surface area contributed by atoms with Gasteiger partial charge in [0.25, 0.3) is 0 Å². The van der Waals surface area contributed by atoms with Gasteiger partial charge in [0.1, 0.15) is 12.3 Å². The Kier molecular flexibility index (Phi) is 5.60. The largest absolute Gasteiger partial charge is 0.497 e. The molecule has 0 aliphatic rings. The first-order valence-electron chi connectivity index (χ1n) is 6.29. The summed E-state index contributed by atoms with van der Waals surface area (Å²) in [4.78, 5) is 24.5. The van der Waals surface area contributed by atoms with Crippen LogP contribution >= 0.6 is 15.9 Å². The zero-order valence-corrected chi connectivity index (χ0v) is 14.0. The molecule has 1 aromatic rings. The number of carboxylic acids is 1. The monoisotopic (exact) mass is 358 g/mol. The number of anilines is 1. The van der Waals surface area contributed by atoms with Crippen molar-refractivity contribution in [2.24, 2.45) is 0 Å². The van der Waals surface area contributed by atoms with Crippen LogP contribution in [0.25, 0.3) is 0 Å². The lowest BCUT2D eigenvalue weighted by molar-refractivity contribution is -0.138. The van der Waals surface area contributed by atoms with E-state index in [4.69, 9.17) is 9.84 Å². The second kappa shape index (κ2) is 6.80. The summed E-state index contributed by atoms with van der Waals surface area (Å²) in [5.41, 5.74) is -0.104. The lowest BCUT2D eigenvalue weighted by atomic mass is 10.1. The van der Waals surface area contributed by atoms with E-state index in [-0.39, 0.29) is 6.54 Å². The molecule has 0 aromatic heterocycles. The van der Waals surface area contributed by atoms with Gasteiger partial charge in [-0.3, -0.25) is 4.79 Å². The standard InChI is InChI=1S/C14H19BrN2O4/c1-14(2,3)17(8-12(18)19)13(20)16-11-7-9(21-4)5-6-10(11)15/h5-7H,8H2,1-4H3,(H,16,20)(H,18,19). The van der Waals surface area contributed by atoms with Crippen LogP contribution in [0.2, 0.25) is 0 Å². The van der Waals surface area contributed by atoms with Crippen molar-refractivity contribution < 1.29 is 19.4 Å². The number of hydrogen-bond donors (Lipinski definition) is 2. The number of amides is 2. The third kappa shape index (κ3) is 4.93. The van der Waals surface area contributed by atoms with E-state index in [0.717, 1.165) is 0 Å². The van der Waals surface area contributed by atoms with Crippen molar-refractivity contribution in [2.45, 2.75) is 26.3 Å². The number of ether oxygens (including phenoxy) is 1. The fourth-order valence-electron chi connectivity index (χ4n) is 1.66. The number of urea groups is 1. The number of aliphatic carboxylic acids is 1. The molecular formula is C14H19BrN2O4. The number of carbonyl (C=O) groups is 2. The molecule has 0 bridgehead atoms. The van der Waals surface area contributed by atoms with Gasteiger partial charge in [-0.05, 0) is 48.8 Å². The van der Waals surface area contributed by atoms with Crippen LogP contribution in [0.4, 0.5) is 10.5 Å². The van der Waals surface area contributed by atoms with Gasteiger partial charge in [0.2, 0.25) is 0 Å². The Balaban J connectivity index is 2.99. The van der Waals surface area contributed by atoms with Crippen LogP contribution in [0.5, 0.6) is 5.75 Å². The Morgan fingerprint density at radius 3 is 2.48 bits per heavy atom. The van der Waals surface area contributed by atoms with Crippen molar-refractivity contribution >= 4 is 33.6 Å². The van der Waals surface area contributed by atoms with Crippen LogP contribution < -0.4 is 10.1 Å². The molecule has 0 spiro atoms. The van der Waals surface area contributed by atoms with Crippen molar-refractivity contribution in [3.05, 3.63) is 22.7 Å². The lowest BCUT2D eigenvalue weighted by Gasteiger charge is -2.34. The van der Waals surface area contributed by atoms with Crippen LogP contribution in [-0.4, -0.2) is 41.2 Å². The van der Waals surface area contributed by atoms with E-state index in [0.29, 0.717) is 15.9 Å². The van der Waals surface area contributed by atoms with Crippen molar-refractivity contribution in [2.75, 3.05) is 19.0 Å². The minimum absolute atomic E-state index is 0.378. The molecule has 1 aromatic carbocycles. The van der Waals surface area contributed by atoms with Crippen molar-refractivity contribution in [3.63, 3.8) is 0 Å². The van der Waals surface area contributed by atoms with Gasteiger partial charge in [0.05, 0.1) is 12.8 Å². The number of benzene rings is 1. The number of carbonyl (C=O) groups excluding carboxylic acids is 1. The molecule has 7 heteroatoms. The highest BCUT2D eigenvalue weighted by molar-refractivity contribution is 9.10. The minimum atomic E-state index is -1.07. The molecule has 0 atom stereocenters. The summed E-state index contributed by atoms with van der Waals surface area (Å²) in [6, 6.07) is 4.66. The first-order chi connectivity index (χ1) is 9.65. The molecule has 6 nitrogen and oxygen atoms in total. The summed E-state index contributed by atoms with van der Waals surface area (Å²) >= 11 is 3.33. The van der Waals surface area contributed by atoms with Crippen LogP contribution in [0.15, 0.2) is 22.7 Å². The molecule has 0 fully saturated rings. The van der Waals surface area contributed by atoms with Crippen LogP contribution in [0, 0.1) is 0 Å². The van der Waals surface area contributed by atoms with Gasteiger partial charge in [-0.1, -0.05) is 0 Å². The van der Waals surface area contributed by atoms with Gasteiger partial charge in [0, 0.05) is 16.1 Å². The maximum atomic E-state index is 12.3. The Morgan fingerprint density at radius 2 is 2.00 bits per heavy atom. The molecule has 0 heterocycles.